The van der Waals surface area contributed by atoms with Gasteiger partial charge in [-0.3, -0.25) is 4.79 Å². The summed E-state index contributed by atoms with van der Waals surface area (Å²) in [7, 11) is 0. The molecule has 2 aromatic rings. The average Bonchev–Trinajstić information content (AvgIpc) is 2.98. The molecule has 0 aliphatic rings. The minimum absolute atomic E-state index is 0.160. The van der Waals surface area contributed by atoms with Gasteiger partial charge < -0.3 is 15.4 Å². The maximum atomic E-state index is 11.9. The van der Waals surface area contributed by atoms with Crippen LogP contribution in [0.2, 0.25) is 0 Å². The van der Waals surface area contributed by atoms with Gasteiger partial charge >= 0.3 is 6.09 Å². The van der Waals surface area contributed by atoms with E-state index in [2.05, 4.69) is 26.6 Å². The molecule has 2 rings (SSSR count). The number of benzene rings is 1. The molecule has 0 aliphatic carbocycles. The second kappa shape index (κ2) is 8.69. The third-order valence-corrected chi connectivity index (χ3v) is 4.57. The molecule has 1 heterocycles. The van der Waals surface area contributed by atoms with Gasteiger partial charge in [0.1, 0.15) is 6.61 Å². The van der Waals surface area contributed by atoms with E-state index in [1.54, 1.807) is 13.0 Å². The van der Waals surface area contributed by atoms with Gasteiger partial charge in [-0.05, 0) is 40.5 Å². The average molecular weight is 397 g/mol. The molecule has 0 spiro atoms. The third kappa shape index (κ3) is 6.03. The minimum Gasteiger partial charge on any atom is -0.445 e. The number of carbonyl (C=O) groups excluding carboxylic acids is 2. The zero-order valence-electron chi connectivity index (χ0n) is 12.5. The topological polar surface area (TPSA) is 67.4 Å². The van der Waals surface area contributed by atoms with Crippen molar-refractivity contribution in [3.8, 4) is 0 Å². The number of alkyl carbamates (subject to hydrolysis) is 1. The van der Waals surface area contributed by atoms with Crippen LogP contribution < -0.4 is 10.6 Å². The SMILES string of the molecule is C[C@H](CNC(=O)c1ccc(Br)s1)NC(=O)OCc1ccccc1. The molecule has 0 radical (unpaired) electrons. The number of amides is 2. The summed E-state index contributed by atoms with van der Waals surface area (Å²) < 4.78 is 6.03. The van der Waals surface area contributed by atoms with Gasteiger partial charge in [0, 0.05) is 12.6 Å². The molecule has 1 atom stereocenters. The molecule has 2 N–H and O–H groups in total. The van der Waals surface area contributed by atoms with E-state index in [1.807, 2.05) is 36.4 Å². The van der Waals surface area contributed by atoms with E-state index in [4.69, 9.17) is 4.74 Å². The Balaban J connectivity index is 1.68. The highest BCUT2D eigenvalue weighted by molar-refractivity contribution is 9.11. The van der Waals surface area contributed by atoms with E-state index in [-0.39, 0.29) is 18.6 Å². The minimum atomic E-state index is -0.505. The van der Waals surface area contributed by atoms with Crippen LogP contribution in [0.25, 0.3) is 0 Å². The third-order valence-electron chi connectivity index (χ3n) is 2.94. The first-order chi connectivity index (χ1) is 11.0. The van der Waals surface area contributed by atoms with Gasteiger partial charge in [-0.2, -0.15) is 0 Å². The Kier molecular flexibility index (Phi) is 6.61. The van der Waals surface area contributed by atoms with Crippen molar-refractivity contribution in [2.45, 2.75) is 19.6 Å². The Morgan fingerprint density at radius 1 is 1.22 bits per heavy atom. The van der Waals surface area contributed by atoms with Gasteiger partial charge in [-0.25, -0.2) is 4.79 Å². The van der Waals surface area contributed by atoms with Gasteiger partial charge in [0.05, 0.1) is 8.66 Å². The van der Waals surface area contributed by atoms with Gasteiger partial charge in [0.2, 0.25) is 0 Å². The zero-order valence-corrected chi connectivity index (χ0v) is 14.9. The van der Waals surface area contributed by atoms with Crippen molar-refractivity contribution < 1.29 is 14.3 Å². The maximum Gasteiger partial charge on any atom is 0.407 e. The quantitative estimate of drug-likeness (QED) is 0.784. The molecule has 1 aromatic heterocycles. The first-order valence-corrected chi connectivity index (χ1v) is 8.66. The van der Waals surface area contributed by atoms with Gasteiger partial charge in [0.15, 0.2) is 0 Å². The first-order valence-electron chi connectivity index (χ1n) is 7.05. The van der Waals surface area contributed by atoms with Crippen molar-refractivity contribution in [3.05, 3.63) is 56.7 Å². The van der Waals surface area contributed by atoms with Crippen LogP contribution in [-0.2, 0) is 11.3 Å². The zero-order chi connectivity index (χ0) is 16.7. The standard InChI is InChI=1S/C16H17BrN2O3S/c1-11(9-18-15(20)13-7-8-14(17)23-13)19-16(21)22-10-12-5-3-2-4-6-12/h2-8,11H,9-10H2,1H3,(H,18,20)(H,19,21)/t11-/m1/s1. The Bertz CT molecular complexity index is 660. The van der Waals surface area contributed by atoms with E-state index in [0.717, 1.165) is 9.35 Å². The lowest BCUT2D eigenvalue weighted by Gasteiger charge is -2.14. The Labute approximate surface area is 147 Å². The van der Waals surface area contributed by atoms with Crippen LogP contribution in [0.5, 0.6) is 0 Å². The summed E-state index contributed by atoms with van der Waals surface area (Å²) in [6.07, 6.45) is -0.505. The molecule has 23 heavy (non-hydrogen) atoms. The van der Waals surface area contributed by atoms with Crippen LogP contribution in [0, 0.1) is 0 Å². The molecule has 0 unspecified atom stereocenters. The number of ether oxygens (including phenoxy) is 1. The molecule has 0 aliphatic heterocycles. The van der Waals surface area contributed by atoms with Crippen molar-refractivity contribution in [1.82, 2.24) is 10.6 Å². The molecule has 0 fully saturated rings. The number of hydrogen-bond acceptors (Lipinski definition) is 4. The highest BCUT2D eigenvalue weighted by Crippen LogP contribution is 2.21. The number of halogens is 1. The molecule has 0 saturated carbocycles. The molecule has 122 valence electrons. The van der Waals surface area contributed by atoms with Crippen LogP contribution in [0.15, 0.2) is 46.3 Å². The van der Waals surface area contributed by atoms with Crippen LogP contribution in [-0.4, -0.2) is 24.6 Å². The number of rotatable bonds is 6. The lowest BCUT2D eigenvalue weighted by molar-refractivity contribution is 0.0950. The van der Waals surface area contributed by atoms with E-state index in [0.29, 0.717) is 11.4 Å². The maximum absolute atomic E-state index is 11.9. The predicted octanol–water partition coefficient (Wildman–Crippen LogP) is 3.56. The van der Waals surface area contributed by atoms with Crippen molar-refractivity contribution in [2.75, 3.05) is 6.54 Å². The second-order valence-corrected chi connectivity index (χ2v) is 7.38. The van der Waals surface area contributed by atoms with E-state index < -0.39 is 6.09 Å². The summed E-state index contributed by atoms with van der Waals surface area (Å²) in [4.78, 5) is 24.2. The summed E-state index contributed by atoms with van der Waals surface area (Å²) in [6, 6.07) is 12.8. The smallest absolute Gasteiger partial charge is 0.407 e. The molecule has 5 nitrogen and oxygen atoms in total. The van der Waals surface area contributed by atoms with Crippen molar-refractivity contribution in [2.24, 2.45) is 0 Å². The number of hydrogen-bond donors (Lipinski definition) is 2. The molecule has 7 heteroatoms. The van der Waals surface area contributed by atoms with Crippen LogP contribution in [0.3, 0.4) is 0 Å². The Hall–Kier alpha value is -1.86. The largest absolute Gasteiger partial charge is 0.445 e. The number of carbonyl (C=O) groups is 2. The molecular weight excluding hydrogens is 380 g/mol. The monoisotopic (exact) mass is 396 g/mol. The molecule has 1 aromatic carbocycles. The van der Waals surface area contributed by atoms with Crippen LogP contribution >= 0.6 is 27.3 Å². The summed E-state index contributed by atoms with van der Waals surface area (Å²) in [5.74, 6) is -0.160. The highest BCUT2D eigenvalue weighted by atomic mass is 79.9. The van der Waals surface area contributed by atoms with Crippen molar-refractivity contribution in [1.29, 1.82) is 0 Å². The Morgan fingerprint density at radius 2 is 1.96 bits per heavy atom. The highest BCUT2D eigenvalue weighted by Gasteiger charge is 2.12. The van der Waals surface area contributed by atoms with E-state index in [9.17, 15) is 9.59 Å². The normalized spacial score (nSPS) is 11.6. The fourth-order valence-electron chi connectivity index (χ4n) is 1.79. The second-order valence-electron chi connectivity index (χ2n) is 4.92. The fraction of sp³-hybridized carbons (Fsp3) is 0.250. The van der Waals surface area contributed by atoms with Gasteiger partial charge in [-0.1, -0.05) is 30.3 Å². The molecule has 0 saturated heterocycles. The van der Waals surface area contributed by atoms with Crippen LogP contribution in [0.1, 0.15) is 22.2 Å². The lowest BCUT2D eigenvalue weighted by Crippen LogP contribution is -2.41. The predicted molar refractivity (Wildman–Crippen MR) is 93.6 cm³/mol. The van der Waals surface area contributed by atoms with Crippen molar-refractivity contribution in [3.63, 3.8) is 0 Å². The van der Waals surface area contributed by atoms with E-state index in [1.165, 1.54) is 11.3 Å². The lowest BCUT2D eigenvalue weighted by atomic mass is 10.2. The summed E-state index contributed by atoms with van der Waals surface area (Å²) in [5, 5.41) is 5.45. The number of nitrogens with one attached hydrogen (secondary N) is 2. The summed E-state index contributed by atoms with van der Waals surface area (Å²) in [5.41, 5.74) is 0.923. The van der Waals surface area contributed by atoms with E-state index >= 15 is 0 Å². The number of thiophene rings is 1. The first kappa shape index (κ1) is 17.5. The van der Waals surface area contributed by atoms with Crippen LogP contribution in [0.4, 0.5) is 4.79 Å². The molecule has 0 bridgehead atoms. The van der Waals surface area contributed by atoms with Gasteiger partial charge in [-0.15, -0.1) is 11.3 Å². The summed E-state index contributed by atoms with van der Waals surface area (Å²) in [6.45, 7) is 2.35. The molecular formula is C16H17BrN2O3S. The fourth-order valence-corrected chi connectivity index (χ4v) is 3.09. The Morgan fingerprint density at radius 3 is 2.61 bits per heavy atom. The van der Waals surface area contributed by atoms with Crippen molar-refractivity contribution >= 4 is 39.3 Å². The molecule has 2 amide bonds. The summed E-state index contributed by atoms with van der Waals surface area (Å²) >= 11 is 4.67. The van der Waals surface area contributed by atoms with Gasteiger partial charge in [0.25, 0.3) is 5.91 Å².